The topological polar surface area (TPSA) is 61.8 Å². The molecule has 0 saturated heterocycles. The molecule has 5 nitrogen and oxygen atoms in total. The van der Waals surface area contributed by atoms with Crippen molar-refractivity contribution in [3.8, 4) is 0 Å². The third-order valence-electron chi connectivity index (χ3n) is 11.2. The predicted octanol–water partition coefficient (Wildman–Crippen LogP) is 19.1. The molecule has 0 aliphatic carbocycles. The molecule has 0 amide bonds. The van der Waals surface area contributed by atoms with E-state index >= 15 is 0 Å². The number of carbonyl (C=O) groups is 2. The van der Waals surface area contributed by atoms with E-state index in [4.69, 9.17) is 14.2 Å². The van der Waals surface area contributed by atoms with Crippen molar-refractivity contribution < 1.29 is 23.8 Å². The molecular weight excluding hydrogens is 837 g/mol. The van der Waals surface area contributed by atoms with Gasteiger partial charge in [-0.25, -0.2) is 0 Å². The fourth-order valence-corrected chi connectivity index (χ4v) is 7.10. The molecule has 0 aromatic carbocycles. The lowest BCUT2D eigenvalue weighted by Crippen LogP contribution is -2.30. The van der Waals surface area contributed by atoms with Crippen LogP contribution >= 0.6 is 0 Å². The van der Waals surface area contributed by atoms with Gasteiger partial charge >= 0.3 is 11.9 Å². The predicted molar refractivity (Wildman–Crippen MR) is 297 cm³/mol. The molecule has 0 rings (SSSR count). The first-order valence-corrected chi connectivity index (χ1v) is 27.7. The second kappa shape index (κ2) is 57.4. The highest BCUT2D eigenvalue weighted by atomic mass is 16.6. The molecular formula is C63H102O5. The molecule has 0 saturated carbocycles. The zero-order chi connectivity index (χ0) is 49.2. The minimum Gasteiger partial charge on any atom is -0.462 e. The van der Waals surface area contributed by atoms with Crippen LogP contribution in [0.1, 0.15) is 226 Å². The summed E-state index contributed by atoms with van der Waals surface area (Å²) in [6, 6.07) is 0. The smallest absolute Gasteiger partial charge is 0.306 e. The molecule has 0 fully saturated rings. The molecule has 0 aromatic heterocycles. The monoisotopic (exact) mass is 939 g/mol. The normalized spacial score (nSPS) is 13.3. The minimum atomic E-state index is -0.588. The van der Waals surface area contributed by atoms with E-state index < -0.39 is 6.10 Å². The third-order valence-corrected chi connectivity index (χ3v) is 11.2. The highest BCUT2D eigenvalue weighted by Gasteiger charge is 2.17. The Balaban J connectivity index is 4.44. The van der Waals surface area contributed by atoms with Gasteiger partial charge < -0.3 is 14.2 Å². The van der Waals surface area contributed by atoms with Gasteiger partial charge in [0.15, 0.2) is 6.10 Å². The molecule has 0 bridgehead atoms. The van der Waals surface area contributed by atoms with Crippen molar-refractivity contribution in [2.45, 2.75) is 232 Å². The molecule has 0 aliphatic heterocycles. The molecule has 384 valence electrons. The SMILES string of the molecule is CC/C=C\C/C=C\C/C=C\C/C=C\C/C=C\CCCC(=O)OC(COCCCCCCCC/C=C\C/C=C\CCCCC)COC(=O)CCCCCCCC/C=C\C/C=C\C/C=C\C/C=C\CC. The number of hydrogen-bond donors (Lipinski definition) is 0. The molecule has 68 heavy (non-hydrogen) atoms. The number of hydrogen-bond acceptors (Lipinski definition) is 5. The van der Waals surface area contributed by atoms with E-state index in [-0.39, 0.29) is 25.2 Å². The van der Waals surface area contributed by atoms with Crippen molar-refractivity contribution in [1.29, 1.82) is 0 Å². The molecule has 5 heteroatoms. The van der Waals surface area contributed by atoms with Crippen LogP contribution < -0.4 is 0 Å². The molecule has 1 atom stereocenters. The average Bonchev–Trinajstić information content (AvgIpc) is 3.34. The number of carbonyl (C=O) groups excluding carboxylic acids is 2. The van der Waals surface area contributed by atoms with Crippen LogP contribution in [0.5, 0.6) is 0 Å². The van der Waals surface area contributed by atoms with Crippen LogP contribution in [0.3, 0.4) is 0 Å². The largest absolute Gasteiger partial charge is 0.462 e. The second-order valence-electron chi connectivity index (χ2n) is 17.7. The number of unbranched alkanes of at least 4 members (excludes halogenated alkanes) is 16. The van der Waals surface area contributed by atoms with Gasteiger partial charge in [-0.2, -0.15) is 0 Å². The van der Waals surface area contributed by atoms with Crippen molar-refractivity contribution in [2.24, 2.45) is 0 Å². The molecule has 0 aromatic rings. The van der Waals surface area contributed by atoms with Gasteiger partial charge in [0.25, 0.3) is 0 Å². The summed E-state index contributed by atoms with van der Waals surface area (Å²) in [6.45, 7) is 7.47. The molecule has 0 aliphatic rings. The molecule has 1 unspecified atom stereocenters. The Labute approximate surface area is 419 Å². The fourth-order valence-electron chi connectivity index (χ4n) is 7.10. The van der Waals surface area contributed by atoms with Crippen LogP contribution in [0.25, 0.3) is 0 Å². The highest BCUT2D eigenvalue weighted by Crippen LogP contribution is 2.12. The van der Waals surface area contributed by atoms with E-state index in [2.05, 4.69) is 154 Å². The summed E-state index contributed by atoms with van der Waals surface area (Å²) in [5, 5.41) is 0. The maximum atomic E-state index is 12.8. The van der Waals surface area contributed by atoms with Gasteiger partial charge in [-0.1, -0.05) is 219 Å². The maximum Gasteiger partial charge on any atom is 0.306 e. The Hall–Kier alpha value is -3.96. The van der Waals surface area contributed by atoms with Crippen molar-refractivity contribution in [1.82, 2.24) is 0 Å². The lowest BCUT2D eigenvalue weighted by molar-refractivity contribution is -0.162. The third kappa shape index (κ3) is 54.6. The standard InChI is InChI=1S/C63H102O5/c1-4-7-10-13-16-19-22-25-28-31-32-34-35-38-41-44-47-50-53-56-62(64)67-60-61(59-66-58-55-52-49-46-43-40-37-30-27-24-21-18-15-12-9-6-3)68-63(65)57-54-51-48-45-42-39-36-33-29-26-23-20-17-14-11-8-5-2/h7-8,10-11,16-21,25-30,32,34,36,39,45,48,61H,4-6,9,12-15,22-24,31,33,35,37-38,40-44,46-47,49-60H2,1-3H3/b10-7-,11-8-,19-16-,20-17-,21-18-,28-25-,29-26-,30-27-,34-32-,39-36-,48-45-. The van der Waals surface area contributed by atoms with Crippen molar-refractivity contribution in [2.75, 3.05) is 19.8 Å². The fraction of sp³-hybridized carbons (Fsp3) is 0.619. The summed E-state index contributed by atoms with van der Waals surface area (Å²) in [5.41, 5.74) is 0. The average molecular weight is 940 g/mol. The summed E-state index contributed by atoms with van der Waals surface area (Å²) in [6.07, 6.45) is 81.8. The summed E-state index contributed by atoms with van der Waals surface area (Å²) in [5.74, 6) is -0.494. The van der Waals surface area contributed by atoms with E-state index in [1.165, 1.54) is 70.6 Å². The van der Waals surface area contributed by atoms with Crippen LogP contribution in [0.15, 0.2) is 134 Å². The number of allylic oxidation sites excluding steroid dienone is 22. The zero-order valence-corrected chi connectivity index (χ0v) is 44.1. The van der Waals surface area contributed by atoms with Crippen molar-refractivity contribution in [3.05, 3.63) is 134 Å². The molecule has 0 heterocycles. The van der Waals surface area contributed by atoms with E-state index in [0.717, 1.165) is 116 Å². The summed E-state index contributed by atoms with van der Waals surface area (Å²) in [4.78, 5) is 25.5. The summed E-state index contributed by atoms with van der Waals surface area (Å²) >= 11 is 0. The van der Waals surface area contributed by atoms with Gasteiger partial charge in [0.2, 0.25) is 0 Å². The van der Waals surface area contributed by atoms with Gasteiger partial charge in [-0.05, 0) is 128 Å². The lowest BCUT2D eigenvalue weighted by Gasteiger charge is -2.18. The Bertz CT molecular complexity index is 1430. The van der Waals surface area contributed by atoms with E-state index in [0.29, 0.717) is 25.9 Å². The van der Waals surface area contributed by atoms with Crippen LogP contribution in [-0.4, -0.2) is 37.9 Å². The zero-order valence-electron chi connectivity index (χ0n) is 44.1. The van der Waals surface area contributed by atoms with Crippen LogP contribution in [-0.2, 0) is 23.8 Å². The molecule has 0 radical (unpaired) electrons. The van der Waals surface area contributed by atoms with E-state index in [1.807, 2.05) is 0 Å². The first-order valence-electron chi connectivity index (χ1n) is 27.7. The van der Waals surface area contributed by atoms with Crippen LogP contribution in [0.4, 0.5) is 0 Å². The summed E-state index contributed by atoms with van der Waals surface area (Å²) < 4.78 is 17.4. The highest BCUT2D eigenvalue weighted by molar-refractivity contribution is 5.70. The second-order valence-corrected chi connectivity index (χ2v) is 17.7. The first kappa shape index (κ1) is 64.0. The Morgan fingerprint density at radius 3 is 1.10 bits per heavy atom. The van der Waals surface area contributed by atoms with Gasteiger partial charge in [0.05, 0.1) is 6.61 Å². The van der Waals surface area contributed by atoms with Crippen LogP contribution in [0.2, 0.25) is 0 Å². The maximum absolute atomic E-state index is 12.8. The van der Waals surface area contributed by atoms with Crippen LogP contribution in [0, 0.1) is 0 Å². The minimum absolute atomic E-state index is 0.0420. The Morgan fingerprint density at radius 1 is 0.338 bits per heavy atom. The molecule has 0 N–H and O–H groups in total. The lowest BCUT2D eigenvalue weighted by atomic mass is 10.1. The first-order chi connectivity index (χ1) is 33.6. The Morgan fingerprint density at radius 2 is 0.676 bits per heavy atom. The van der Waals surface area contributed by atoms with E-state index in [9.17, 15) is 9.59 Å². The van der Waals surface area contributed by atoms with Gasteiger partial charge in [-0.15, -0.1) is 0 Å². The van der Waals surface area contributed by atoms with Gasteiger partial charge in [-0.3, -0.25) is 9.59 Å². The summed E-state index contributed by atoms with van der Waals surface area (Å²) in [7, 11) is 0. The molecule has 0 spiro atoms. The van der Waals surface area contributed by atoms with Gasteiger partial charge in [0, 0.05) is 19.4 Å². The number of esters is 2. The van der Waals surface area contributed by atoms with Crippen molar-refractivity contribution >= 4 is 11.9 Å². The van der Waals surface area contributed by atoms with Crippen molar-refractivity contribution in [3.63, 3.8) is 0 Å². The van der Waals surface area contributed by atoms with Gasteiger partial charge in [0.1, 0.15) is 6.61 Å². The Kier molecular flexibility index (Phi) is 54.0. The van der Waals surface area contributed by atoms with E-state index in [1.54, 1.807) is 0 Å². The number of rotatable bonds is 49. The number of ether oxygens (including phenoxy) is 3. The quantitative estimate of drug-likeness (QED) is 0.0345.